The minimum absolute atomic E-state index is 0.0960. The number of alkyl halides is 6. The second kappa shape index (κ2) is 21.1. The van der Waals surface area contributed by atoms with Gasteiger partial charge in [-0.2, -0.15) is 26.3 Å². The molecule has 0 aliphatic rings. The Labute approximate surface area is 409 Å². The Kier molecular flexibility index (Phi) is 15.2. The zero-order chi connectivity index (χ0) is 49.6. The zero-order valence-electron chi connectivity index (χ0n) is 36.8. The molecule has 8 aromatic rings. The molecule has 6 aromatic carbocycles. The first-order chi connectivity index (χ1) is 32.8. The smallest absolute Gasteiger partial charge is 0.416 e. The van der Waals surface area contributed by atoms with Crippen molar-refractivity contribution in [3.8, 4) is 45.4 Å². The molecule has 0 atom stereocenters. The first-order valence-electron chi connectivity index (χ1n) is 20.9. The molecule has 0 saturated carbocycles. The largest absolute Gasteiger partial charge is 0.488 e. The molecule has 0 saturated heterocycles. The first kappa shape index (κ1) is 49.9. The minimum Gasteiger partial charge on any atom is -0.488 e. The van der Waals surface area contributed by atoms with Crippen molar-refractivity contribution in [2.75, 3.05) is 7.11 Å². The van der Waals surface area contributed by atoms with Crippen LogP contribution >= 0.6 is 31.9 Å². The number of aromatic carboxylic acids is 1. The molecule has 354 valence electrons. The number of esters is 1. The van der Waals surface area contributed by atoms with Crippen LogP contribution in [0.5, 0.6) is 11.5 Å². The molecule has 2 aromatic heterocycles. The Morgan fingerprint density at radius 1 is 0.536 bits per heavy atom. The zero-order valence-corrected chi connectivity index (χ0v) is 40.0. The molecular weight excluding hydrogens is 1030 g/mol. The number of ether oxygens (including phenoxy) is 3. The van der Waals surface area contributed by atoms with Crippen LogP contribution in [0, 0.1) is 13.8 Å². The summed E-state index contributed by atoms with van der Waals surface area (Å²) in [5.41, 5.74) is 3.45. The summed E-state index contributed by atoms with van der Waals surface area (Å²) in [6, 6.07) is 43.3. The summed E-state index contributed by atoms with van der Waals surface area (Å²) in [6.45, 7) is 4.16. The van der Waals surface area contributed by atoms with E-state index in [0.29, 0.717) is 64.7 Å². The summed E-state index contributed by atoms with van der Waals surface area (Å²) in [4.78, 5) is 23.7. The van der Waals surface area contributed by atoms with E-state index in [9.17, 15) is 41.0 Å². The molecule has 0 radical (unpaired) electrons. The van der Waals surface area contributed by atoms with Crippen molar-refractivity contribution in [2.45, 2.75) is 39.4 Å². The lowest BCUT2D eigenvalue weighted by atomic mass is 10.1. The van der Waals surface area contributed by atoms with E-state index < -0.39 is 41.0 Å². The van der Waals surface area contributed by atoms with Crippen molar-refractivity contribution in [1.29, 1.82) is 0 Å². The van der Waals surface area contributed by atoms with Crippen molar-refractivity contribution >= 4 is 43.8 Å². The van der Waals surface area contributed by atoms with E-state index in [-0.39, 0.29) is 16.9 Å². The number of carboxylic acids is 1. The highest BCUT2D eigenvalue weighted by molar-refractivity contribution is 9.10. The molecule has 0 bridgehead atoms. The maximum absolute atomic E-state index is 13.7. The van der Waals surface area contributed by atoms with E-state index >= 15 is 0 Å². The Balaban J connectivity index is 0.000000204. The number of carboxylic acid groups (broad SMARTS) is 1. The maximum atomic E-state index is 13.7. The second-order valence-corrected chi connectivity index (χ2v) is 17.4. The van der Waals surface area contributed by atoms with Crippen LogP contribution in [0.25, 0.3) is 33.9 Å². The molecule has 0 amide bonds. The van der Waals surface area contributed by atoms with E-state index in [2.05, 4.69) is 36.6 Å². The molecule has 0 unspecified atom stereocenters. The number of hydrogen-bond acceptors (Lipinski definition) is 5. The molecule has 1 N–H and O–H groups in total. The second-order valence-electron chi connectivity index (χ2n) is 15.5. The van der Waals surface area contributed by atoms with Crippen LogP contribution in [0.4, 0.5) is 26.3 Å². The predicted octanol–water partition coefficient (Wildman–Crippen LogP) is 15.1. The number of nitrogens with zero attached hydrogens (tertiary/aromatic N) is 2. The van der Waals surface area contributed by atoms with Gasteiger partial charge in [-0.05, 0) is 122 Å². The predicted molar refractivity (Wildman–Crippen MR) is 257 cm³/mol. The topological polar surface area (TPSA) is 91.9 Å². The molecule has 0 spiro atoms. The Morgan fingerprint density at radius 2 is 0.942 bits per heavy atom. The summed E-state index contributed by atoms with van der Waals surface area (Å²) in [5, 5.41) is 9.41. The quantitative estimate of drug-likeness (QED) is 0.0968. The third kappa shape index (κ3) is 12.0. The number of hydrogen-bond donors (Lipinski definition) is 1. The molecule has 69 heavy (non-hydrogen) atoms. The van der Waals surface area contributed by atoms with Crippen molar-refractivity contribution in [1.82, 2.24) is 9.13 Å². The van der Waals surface area contributed by atoms with Gasteiger partial charge >= 0.3 is 24.3 Å². The van der Waals surface area contributed by atoms with Gasteiger partial charge in [0.15, 0.2) is 0 Å². The molecular formula is C53H40Br2F6N2O6. The van der Waals surface area contributed by atoms with Crippen LogP contribution in [0.3, 0.4) is 0 Å². The highest BCUT2D eigenvalue weighted by Gasteiger charge is 2.34. The van der Waals surface area contributed by atoms with Crippen molar-refractivity contribution in [3.05, 3.63) is 211 Å². The van der Waals surface area contributed by atoms with E-state index in [1.807, 2.05) is 91.0 Å². The summed E-state index contributed by atoms with van der Waals surface area (Å²) in [6.07, 6.45) is -9.33. The average molecular weight is 1070 g/mol. The fourth-order valence-corrected chi connectivity index (χ4v) is 8.20. The number of methoxy groups -OCH3 is 1. The molecule has 2 heterocycles. The van der Waals surface area contributed by atoms with Crippen LogP contribution in [0.1, 0.15) is 54.4 Å². The number of benzene rings is 6. The highest BCUT2D eigenvalue weighted by Crippen LogP contribution is 2.40. The van der Waals surface area contributed by atoms with Crippen LogP contribution in [0.2, 0.25) is 0 Å². The third-order valence-electron chi connectivity index (χ3n) is 10.7. The van der Waals surface area contributed by atoms with Crippen molar-refractivity contribution in [3.63, 3.8) is 0 Å². The van der Waals surface area contributed by atoms with Gasteiger partial charge in [-0.15, -0.1) is 0 Å². The number of rotatable bonds is 12. The van der Waals surface area contributed by atoms with Gasteiger partial charge in [-0.3, -0.25) is 0 Å². The minimum atomic E-state index is -4.69. The van der Waals surface area contributed by atoms with Crippen LogP contribution in [-0.2, 0) is 30.3 Å². The molecule has 8 rings (SSSR count). The Morgan fingerprint density at radius 3 is 1.33 bits per heavy atom. The van der Waals surface area contributed by atoms with Crippen LogP contribution in [-0.4, -0.2) is 33.3 Å². The SMILES string of the molecule is COC(=O)c1cc(-n2c(C)ccc2-c2cc(Br)ccc2OCc2ccccc2)cc(C(F)(F)F)c1.Cc1ccc(-c2cc(Br)ccc2OCc2ccccc2)n1-c1cc(C(=O)O)cc(C(F)(F)F)c1. The standard InChI is InChI=1S/C27H21BrF3NO3.C26H19BrF3NO3/c1-17-8-10-24(23-15-21(28)9-11-25(23)35-16-18-6-4-3-5-7-18)32(17)22-13-19(26(33)34-2)12-20(14-22)27(29,30)31;1-16-7-9-23(31(16)21-12-18(25(32)33)11-19(13-21)26(28,29)30)22-14-20(27)8-10-24(22)34-15-17-5-3-2-4-6-17/h3-15H,16H2,1-2H3;2-14H,15H2,1H3,(H,32,33). The van der Waals surface area contributed by atoms with E-state index in [0.717, 1.165) is 45.4 Å². The Hall–Kier alpha value is -7.04. The molecule has 8 nitrogen and oxygen atoms in total. The molecule has 16 heteroatoms. The van der Waals surface area contributed by atoms with Gasteiger partial charge in [0, 0.05) is 42.8 Å². The summed E-state index contributed by atoms with van der Waals surface area (Å²) < 4.78 is 103. The van der Waals surface area contributed by atoms with Crippen molar-refractivity contribution in [2.24, 2.45) is 0 Å². The molecule has 0 aliphatic heterocycles. The van der Waals surface area contributed by atoms with Gasteiger partial charge in [0.25, 0.3) is 0 Å². The first-order valence-corrected chi connectivity index (χ1v) is 22.5. The highest BCUT2D eigenvalue weighted by atomic mass is 79.9. The van der Waals surface area contributed by atoms with Gasteiger partial charge in [0.1, 0.15) is 24.7 Å². The van der Waals surface area contributed by atoms with Crippen LogP contribution < -0.4 is 9.47 Å². The van der Waals surface area contributed by atoms with E-state index in [1.54, 1.807) is 53.3 Å². The molecule has 0 fully saturated rings. The van der Waals surface area contributed by atoms with Gasteiger partial charge in [-0.25, -0.2) is 9.59 Å². The van der Waals surface area contributed by atoms with Gasteiger partial charge in [-0.1, -0.05) is 92.5 Å². The van der Waals surface area contributed by atoms with Gasteiger partial charge < -0.3 is 28.5 Å². The summed E-state index contributed by atoms with van der Waals surface area (Å²) in [5.74, 6) is -1.18. The van der Waals surface area contributed by atoms with Gasteiger partial charge in [0.2, 0.25) is 0 Å². The number of halogens is 8. The number of carbonyl (C=O) groups excluding carboxylic acids is 1. The average Bonchev–Trinajstić information content (AvgIpc) is 3.92. The van der Waals surface area contributed by atoms with Crippen LogP contribution in [0.15, 0.2) is 167 Å². The summed E-state index contributed by atoms with van der Waals surface area (Å²) >= 11 is 6.93. The lowest BCUT2D eigenvalue weighted by Crippen LogP contribution is -2.11. The number of carbonyl (C=O) groups is 2. The van der Waals surface area contributed by atoms with E-state index in [1.165, 1.54) is 12.1 Å². The lowest BCUT2D eigenvalue weighted by Gasteiger charge is -2.18. The maximum Gasteiger partial charge on any atom is 0.416 e. The third-order valence-corrected chi connectivity index (χ3v) is 11.7. The fourth-order valence-electron chi connectivity index (χ4n) is 7.48. The fraction of sp³-hybridized carbons (Fsp3) is 0.132. The summed E-state index contributed by atoms with van der Waals surface area (Å²) in [7, 11) is 1.13. The van der Waals surface area contributed by atoms with Crippen molar-refractivity contribution < 1.29 is 55.2 Å². The monoisotopic (exact) mass is 1070 g/mol. The normalized spacial score (nSPS) is 11.4. The number of aromatic nitrogens is 2. The van der Waals surface area contributed by atoms with E-state index in [4.69, 9.17) is 9.47 Å². The van der Waals surface area contributed by atoms with Gasteiger partial charge in [0.05, 0.1) is 40.8 Å². The number of aryl methyl sites for hydroxylation is 2. The molecule has 0 aliphatic carbocycles. The Bertz CT molecular complexity index is 3130. The lowest BCUT2D eigenvalue weighted by molar-refractivity contribution is -0.138.